The molecule has 4 heteroatoms. The Morgan fingerprint density at radius 2 is 1.94 bits per heavy atom. The summed E-state index contributed by atoms with van der Waals surface area (Å²) in [5, 5.41) is 2.81. The van der Waals surface area contributed by atoms with Crippen molar-refractivity contribution >= 4 is 5.91 Å². The fraction of sp³-hybridized carbons (Fsp3) is 0.917. The average molecular weight is 229 g/mol. The molecule has 1 N–H and O–H groups in total. The van der Waals surface area contributed by atoms with E-state index in [4.69, 9.17) is 0 Å². The van der Waals surface area contributed by atoms with Crippen LogP contribution in [0.3, 0.4) is 0 Å². The summed E-state index contributed by atoms with van der Waals surface area (Å²) in [4.78, 5) is 11.8. The van der Waals surface area contributed by atoms with E-state index in [-0.39, 0.29) is 12.5 Å². The Bertz CT molecular complexity index is 325. The number of halogens is 2. The van der Waals surface area contributed by atoms with Crippen molar-refractivity contribution in [1.82, 2.24) is 5.32 Å². The topological polar surface area (TPSA) is 29.1 Å². The zero-order valence-electron chi connectivity index (χ0n) is 9.27. The van der Waals surface area contributed by atoms with Crippen LogP contribution in [0.25, 0.3) is 0 Å². The van der Waals surface area contributed by atoms with Gasteiger partial charge in [0.1, 0.15) is 5.92 Å². The predicted octanol–water partition coefficient (Wildman–Crippen LogP) is 2.48. The summed E-state index contributed by atoms with van der Waals surface area (Å²) in [6.07, 6.45) is 4.86. The Morgan fingerprint density at radius 3 is 2.50 bits per heavy atom. The molecule has 2 unspecified atom stereocenters. The van der Waals surface area contributed by atoms with Crippen molar-refractivity contribution in [2.24, 2.45) is 11.3 Å². The molecule has 1 amide bonds. The van der Waals surface area contributed by atoms with Gasteiger partial charge in [0.2, 0.25) is 5.91 Å². The van der Waals surface area contributed by atoms with Gasteiger partial charge in [-0.2, -0.15) is 0 Å². The van der Waals surface area contributed by atoms with E-state index in [1.807, 2.05) is 0 Å². The highest BCUT2D eigenvalue weighted by atomic mass is 19.3. The van der Waals surface area contributed by atoms with E-state index in [0.29, 0.717) is 18.3 Å². The SMILES string of the molecule is O=C(NC1CC12CC2)C1CCCCC1(F)F. The molecule has 0 bridgehead atoms. The molecule has 3 aliphatic rings. The van der Waals surface area contributed by atoms with Gasteiger partial charge in [0.15, 0.2) is 0 Å². The summed E-state index contributed by atoms with van der Waals surface area (Å²) in [5.74, 6) is -4.26. The lowest BCUT2D eigenvalue weighted by molar-refractivity contribution is -0.145. The molecule has 16 heavy (non-hydrogen) atoms. The van der Waals surface area contributed by atoms with Crippen LogP contribution >= 0.6 is 0 Å². The van der Waals surface area contributed by atoms with Crippen molar-refractivity contribution in [2.75, 3.05) is 0 Å². The number of nitrogens with one attached hydrogen (secondary N) is 1. The first-order valence-electron chi connectivity index (χ1n) is 6.22. The fourth-order valence-electron chi connectivity index (χ4n) is 2.95. The van der Waals surface area contributed by atoms with Crippen LogP contribution in [0.1, 0.15) is 44.9 Å². The molecule has 0 aromatic rings. The average Bonchev–Trinajstić information content (AvgIpc) is 3.08. The molecule has 0 aliphatic heterocycles. The second kappa shape index (κ2) is 3.17. The number of hydrogen-bond donors (Lipinski definition) is 1. The van der Waals surface area contributed by atoms with Gasteiger partial charge in [-0.05, 0) is 37.5 Å². The molecule has 2 atom stereocenters. The normalized spacial score (nSPS) is 38.1. The molecule has 3 aliphatic carbocycles. The van der Waals surface area contributed by atoms with Crippen molar-refractivity contribution in [3.8, 4) is 0 Å². The molecule has 3 fully saturated rings. The highest BCUT2D eigenvalue weighted by Gasteiger charge is 2.64. The van der Waals surface area contributed by atoms with Crippen LogP contribution in [0.2, 0.25) is 0 Å². The van der Waals surface area contributed by atoms with Crippen LogP contribution in [0, 0.1) is 11.3 Å². The number of carbonyl (C=O) groups excluding carboxylic acids is 1. The summed E-state index contributed by atoms with van der Waals surface area (Å²) in [5.41, 5.74) is 0.347. The lowest BCUT2D eigenvalue weighted by Gasteiger charge is -2.30. The number of amides is 1. The van der Waals surface area contributed by atoms with Crippen molar-refractivity contribution < 1.29 is 13.6 Å². The Morgan fingerprint density at radius 1 is 1.19 bits per heavy atom. The molecule has 1 spiro atoms. The van der Waals surface area contributed by atoms with Gasteiger partial charge in [-0.3, -0.25) is 4.79 Å². The fourth-order valence-corrected chi connectivity index (χ4v) is 2.95. The van der Waals surface area contributed by atoms with Crippen LogP contribution in [0.4, 0.5) is 8.78 Å². The summed E-state index contributed by atoms with van der Waals surface area (Å²) in [7, 11) is 0. The molecule has 0 aromatic carbocycles. The lowest BCUT2D eigenvalue weighted by Crippen LogP contribution is -2.44. The first-order chi connectivity index (χ1) is 7.54. The second-order valence-corrected chi connectivity index (χ2v) is 5.69. The van der Waals surface area contributed by atoms with E-state index in [2.05, 4.69) is 5.32 Å². The van der Waals surface area contributed by atoms with Crippen molar-refractivity contribution in [1.29, 1.82) is 0 Å². The first-order valence-corrected chi connectivity index (χ1v) is 6.22. The highest BCUT2D eigenvalue weighted by molar-refractivity contribution is 5.80. The quantitative estimate of drug-likeness (QED) is 0.774. The maximum Gasteiger partial charge on any atom is 0.259 e. The molecular weight excluding hydrogens is 212 g/mol. The van der Waals surface area contributed by atoms with E-state index >= 15 is 0 Å². The highest BCUT2D eigenvalue weighted by Crippen LogP contribution is 2.66. The van der Waals surface area contributed by atoms with Crippen LogP contribution < -0.4 is 5.32 Å². The van der Waals surface area contributed by atoms with Crippen LogP contribution in [0.5, 0.6) is 0 Å². The zero-order chi connectivity index (χ0) is 11.4. The minimum absolute atomic E-state index is 0.124. The smallest absolute Gasteiger partial charge is 0.259 e. The third kappa shape index (κ3) is 1.62. The van der Waals surface area contributed by atoms with E-state index < -0.39 is 17.7 Å². The van der Waals surface area contributed by atoms with Gasteiger partial charge in [-0.1, -0.05) is 6.42 Å². The Labute approximate surface area is 93.8 Å². The zero-order valence-corrected chi connectivity index (χ0v) is 9.27. The minimum atomic E-state index is -2.78. The maximum atomic E-state index is 13.5. The van der Waals surface area contributed by atoms with Gasteiger partial charge < -0.3 is 5.32 Å². The third-order valence-electron chi connectivity index (χ3n) is 4.48. The molecule has 2 nitrogen and oxygen atoms in total. The number of rotatable bonds is 2. The lowest BCUT2D eigenvalue weighted by atomic mass is 9.85. The second-order valence-electron chi connectivity index (χ2n) is 5.69. The van der Waals surface area contributed by atoms with Crippen molar-refractivity contribution in [3.05, 3.63) is 0 Å². The van der Waals surface area contributed by atoms with Gasteiger partial charge in [-0.15, -0.1) is 0 Å². The maximum absolute atomic E-state index is 13.5. The van der Waals surface area contributed by atoms with Crippen LogP contribution in [-0.2, 0) is 4.79 Å². The van der Waals surface area contributed by atoms with Crippen LogP contribution in [-0.4, -0.2) is 17.9 Å². The first kappa shape index (κ1) is 10.5. The monoisotopic (exact) mass is 229 g/mol. The van der Waals surface area contributed by atoms with Crippen LogP contribution in [0.15, 0.2) is 0 Å². The third-order valence-corrected chi connectivity index (χ3v) is 4.48. The largest absolute Gasteiger partial charge is 0.352 e. The standard InChI is InChI=1S/C12H17F2NO/c13-12(14)4-2-1-3-8(12)10(16)15-9-7-11(9)5-6-11/h8-9H,1-7H2,(H,15,16). The van der Waals surface area contributed by atoms with E-state index in [9.17, 15) is 13.6 Å². The molecule has 3 saturated carbocycles. The van der Waals surface area contributed by atoms with E-state index in [1.165, 1.54) is 12.8 Å². The Balaban J connectivity index is 1.60. The number of hydrogen-bond acceptors (Lipinski definition) is 1. The Kier molecular flexibility index (Phi) is 2.08. The molecule has 0 aromatic heterocycles. The van der Waals surface area contributed by atoms with E-state index in [1.54, 1.807) is 0 Å². The molecular formula is C12H17F2NO. The number of alkyl halides is 2. The Hall–Kier alpha value is -0.670. The minimum Gasteiger partial charge on any atom is -0.352 e. The van der Waals surface area contributed by atoms with Gasteiger partial charge in [0.25, 0.3) is 5.92 Å². The summed E-state index contributed by atoms with van der Waals surface area (Å²) < 4.78 is 27.1. The molecule has 0 saturated heterocycles. The molecule has 0 heterocycles. The summed E-state index contributed by atoms with van der Waals surface area (Å²) >= 11 is 0. The van der Waals surface area contributed by atoms with Gasteiger partial charge in [-0.25, -0.2) is 8.78 Å². The van der Waals surface area contributed by atoms with Gasteiger partial charge >= 0.3 is 0 Å². The van der Waals surface area contributed by atoms with E-state index in [0.717, 1.165) is 12.8 Å². The molecule has 0 radical (unpaired) electrons. The summed E-state index contributed by atoms with van der Waals surface area (Å²) in [6, 6.07) is 0.206. The molecule has 90 valence electrons. The van der Waals surface area contributed by atoms with Crippen molar-refractivity contribution in [2.45, 2.75) is 56.9 Å². The van der Waals surface area contributed by atoms with Gasteiger partial charge in [0.05, 0.1) is 0 Å². The van der Waals surface area contributed by atoms with Crippen molar-refractivity contribution in [3.63, 3.8) is 0 Å². The number of carbonyl (C=O) groups is 1. The molecule has 3 rings (SSSR count). The summed E-state index contributed by atoms with van der Waals surface area (Å²) in [6.45, 7) is 0. The predicted molar refractivity (Wildman–Crippen MR) is 55.1 cm³/mol. The van der Waals surface area contributed by atoms with Gasteiger partial charge in [0, 0.05) is 12.5 Å².